The second kappa shape index (κ2) is 8.86. The van der Waals surface area contributed by atoms with Gasteiger partial charge in [-0.05, 0) is 61.7 Å². The van der Waals surface area contributed by atoms with Gasteiger partial charge in [0.1, 0.15) is 11.5 Å². The SMILES string of the molecule is Cc1cc2nc(-c3ccccc3)c(N3CCN(C(=O)c4cc(F)ccc4C)CC3)nc2cc1C. The molecule has 0 spiro atoms. The van der Waals surface area contributed by atoms with E-state index in [0.717, 1.165) is 33.7 Å². The van der Waals surface area contributed by atoms with Crippen LogP contribution in [0.15, 0.2) is 60.7 Å². The Balaban J connectivity index is 1.47. The molecule has 1 aromatic heterocycles. The molecule has 1 aliphatic rings. The van der Waals surface area contributed by atoms with Crippen LogP contribution in [0.4, 0.5) is 10.2 Å². The number of fused-ring (bicyclic) bond motifs is 1. The number of rotatable bonds is 3. The Kier molecular flexibility index (Phi) is 5.74. The maximum Gasteiger partial charge on any atom is 0.254 e. The van der Waals surface area contributed by atoms with E-state index in [4.69, 9.17) is 9.97 Å². The Bertz CT molecular complexity index is 1380. The topological polar surface area (TPSA) is 49.3 Å². The summed E-state index contributed by atoms with van der Waals surface area (Å²) in [5.74, 6) is 0.309. The first-order valence-electron chi connectivity index (χ1n) is 11.6. The van der Waals surface area contributed by atoms with Crippen LogP contribution in [0.3, 0.4) is 0 Å². The third-order valence-corrected chi connectivity index (χ3v) is 6.60. The van der Waals surface area contributed by atoms with Gasteiger partial charge in [0.05, 0.1) is 11.0 Å². The van der Waals surface area contributed by atoms with Crippen molar-refractivity contribution in [3.05, 3.63) is 88.7 Å². The van der Waals surface area contributed by atoms with E-state index in [0.29, 0.717) is 31.7 Å². The normalized spacial score (nSPS) is 14.0. The number of halogens is 1. The predicted molar refractivity (Wildman–Crippen MR) is 134 cm³/mol. The van der Waals surface area contributed by atoms with Crippen LogP contribution in [0.5, 0.6) is 0 Å². The van der Waals surface area contributed by atoms with Crippen LogP contribution < -0.4 is 4.90 Å². The van der Waals surface area contributed by atoms with Crippen molar-refractivity contribution >= 4 is 22.8 Å². The van der Waals surface area contributed by atoms with Crippen molar-refractivity contribution in [2.45, 2.75) is 20.8 Å². The summed E-state index contributed by atoms with van der Waals surface area (Å²) in [7, 11) is 0. The van der Waals surface area contributed by atoms with Crippen molar-refractivity contribution in [2.75, 3.05) is 31.1 Å². The fraction of sp³-hybridized carbons (Fsp3) is 0.250. The average molecular weight is 455 g/mol. The fourth-order valence-electron chi connectivity index (χ4n) is 4.43. The Morgan fingerprint density at radius 1 is 0.794 bits per heavy atom. The van der Waals surface area contributed by atoms with Gasteiger partial charge in [0.25, 0.3) is 5.91 Å². The molecule has 1 amide bonds. The van der Waals surface area contributed by atoms with Gasteiger partial charge < -0.3 is 9.80 Å². The van der Waals surface area contributed by atoms with Crippen molar-refractivity contribution < 1.29 is 9.18 Å². The molecule has 172 valence electrons. The van der Waals surface area contributed by atoms with Crippen LogP contribution in [0.2, 0.25) is 0 Å². The third-order valence-electron chi connectivity index (χ3n) is 6.60. The van der Waals surface area contributed by atoms with Crippen LogP contribution in [0, 0.1) is 26.6 Å². The number of benzene rings is 3. The van der Waals surface area contributed by atoms with Gasteiger partial charge in [-0.3, -0.25) is 4.79 Å². The molecule has 5 nitrogen and oxygen atoms in total. The molecule has 34 heavy (non-hydrogen) atoms. The van der Waals surface area contributed by atoms with Crippen LogP contribution in [-0.2, 0) is 0 Å². The molecule has 0 saturated carbocycles. The molecule has 3 aromatic carbocycles. The van der Waals surface area contributed by atoms with Crippen LogP contribution in [0.1, 0.15) is 27.0 Å². The van der Waals surface area contributed by atoms with E-state index in [9.17, 15) is 9.18 Å². The van der Waals surface area contributed by atoms with E-state index in [2.05, 4.69) is 30.9 Å². The number of aromatic nitrogens is 2. The highest BCUT2D eigenvalue weighted by Gasteiger charge is 2.26. The molecule has 5 rings (SSSR count). The summed E-state index contributed by atoms with van der Waals surface area (Å²) >= 11 is 0. The summed E-state index contributed by atoms with van der Waals surface area (Å²) < 4.78 is 13.8. The lowest BCUT2D eigenvalue weighted by Crippen LogP contribution is -2.49. The Morgan fingerprint density at radius 2 is 1.44 bits per heavy atom. The minimum absolute atomic E-state index is 0.129. The second-order valence-electron chi connectivity index (χ2n) is 8.93. The van der Waals surface area contributed by atoms with Gasteiger partial charge in [0.15, 0.2) is 5.82 Å². The standard InChI is InChI=1S/C28H27FN4O/c1-18-9-10-22(29)17-23(18)28(34)33-13-11-32(12-14-33)27-26(21-7-5-4-6-8-21)30-24-15-19(2)20(3)16-25(24)31-27/h4-10,15-17H,11-14H2,1-3H3. The Hall–Kier alpha value is -3.80. The van der Waals surface area contributed by atoms with E-state index in [-0.39, 0.29) is 5.91 Å². The van der Waals surface area contributed by atoms with Crippen LogP contribution in [0.25, 0.3) is 22.3 Å². The molecule has 0 unspecified atom stereocenters. The largest absolute Gasteiger partial charge is 0.351 e. The van der Waals surface area contributed by atoms with Gasteiger partial charge in [0, 0.05) is 37.3 Å². The second-order valence-corrected chi connectivity index (χ2v) is 8.93. The number of hydrogen-bond acceptors (Lipinski definition) is 4. The van der Waals surface area contributed by atoms with E-state index in [1.54, 1.807) is 11.0 Å². The zero-order valence-electron chi connectivity index (χ0n) is 19.7. The summed E-state index contributed by atoms with van der Waals surface area (Å²) in [6.45, 7) is 8.34. The van der Waals surface area contributed by atoms with E-state index < -0.39 is 5.82 Å². The molecule has 4 aromatic rings. The van der Waals surface area contributed by atoms with Crippen molar-refractivity contribution in [3.63, 3.8) is 0 Å². The van der Waals surface area contributed by atoms with Gasteiger partial charge in [0.2, 0.25) is 0 Å². The highest BCUT2D eigenvalue weighted by Crippen LogP contribution is 2.31. The lowest BCUT2D eigenvalue weighted by Gasteiger charge is -2.36. The fourth-order valence-corrected chi connectivity index (χ4v) is 4.43. The lowest BCUT2D eigenvalue weighted by molar-refractivity contribution is 0.0745. The van der Waals surface area contributed by atoms with Crippen molar-refractivity contribution in [1.29, 1.82) is 0 Å². The first kappa shape index (κ1) is 22.0. The summed E-state index contributed by atoms with van der Waals surface area (Å²) in [5, 5.41) is 0. The zero-order valence-corrected chi connectivity index (χ0v) is 19.7. The maximum atomic E-state index is 13.8. The summed E-state index contributed by atoms with van der Waals surface area (Å²) in [4.78, 5) is 27.1. The van der Waals surface area contributed by atoms with E-state index >= 15 is 0 Å². The monoisotopic (exact) mass is 454 g/mol. The van der Waals surface area contributed by atoms with Crippen molar-refractivity contribution in [2.24, 2.45) is 0 Å². The quantitative estimate of drug-likeness (QED) is 0.420. The highest BCUT2D eigenvalue weighted by molar-refractivity contribution is 5.96. The number of nitrogens with zero attached hydrogens (tertiary/aromatic N) is 4. The number of aryl methyl sites for hydroxylation is 3. The predicted octanol–water partition coefficient (Wildman–Crippen LogP) is 5.32. The molecular weight excluding hydrogens is 427 g/mol. The summed E-state index contributed by atoms with van der Waals surface area (Å²) in [5.41, 5.74) is 7.18. The number of carbonyl (C=O) groups is 1. The molecule has 1 saturated heterocycles. The number of hydrogen-bond donors (Lipinski definition) is 0. The smallest absolute Gasteiger partial charge is 0.254 e. The molecule has 0 aliphatic carbocycles. The van der Waals surface area contributed by atoms with Crippen molar-refractivity contribution in [3.8, 4) is 11.3 Å². The first-order valence-corrected chi connectivity index (χ1v) is 11.6. The van der Waals surface area contributed by atoms with Crippen molar-refractivity contribution in [1.82, 2.24) is 14.9 Å². The molecule has 1 fully saturated rings. The molecule has 0 bridgehead atoms. The van der Waals surface area contributed by atoms with Gasteiger partial charge in [-0.1, -0.05) is 36.4 Å². The number of anilines is 1. The minimum atomic E-state index is -0.392. The zero-order chi connectivity index (χ0) is 23.8. The van der Waals surface area contributed by atoms with Crippen LogP contribution >= 0.6 is 0 Å². The molecule has 1 aliphatic heterocycles. The molecule has 0 N–H and O–H groups in total. The highest BCUT2D eigenvalue weighted by atomic mass is 19.1. The molecule has 0 atom stereocenters. The Morgan fingerprint density at radius 3 is 2.12 bits per heavy atom. The Labute approximate surface area is 198 Å². The third kappa shape index (κ3) is 4.12. The number of carbonyl (C=O) groups excluding carboxylic acids is 1. The van der Waals surface area contributed by atoms with Gasteiger partial charge in [-0.15, -0.1) is 0 Å². The number of piperazine rings is 1. The molecule has 0 radical (unpaired) electrons. The molecular formula is C28H27FN4O. The summed E-state index contributed by atoms with van der Waals surface area (Å²) in [6, 6.07) is 18.6. The van der Waals surface area contributed by atoms with Gasteiger partial charge >= 0.3 is 0 Å². The summed E-state index contributed by atoms with van der Waals surface area (Å²) in [6.07, 6.45) is 0. The van der Waals surface area contributed by atoms with Crippen LogP contribution in [-0.4, -0.2) is 47.0 Å². The average Bonchev–Trinajstić information content (AvgIpc) is 2.86. The number of amides is 1. The van der Waals surface area contributed by atoms with E-state index in [1.165, 1.54) is 23.3 Å². The first-order chi connectivity index (χ1) is 16.4. The van der Waals surface area contributed by atoms with E-state index in [1.807, 2.05) is 37.3 Å². The molecule has 2 heterocycles. The minimum Gasteiger partial charge on any atom is -0.351 e. The maximum absolute atomic E-state index is 13.8. The van der Waals surface area contributed by atoms with Gasteiger partial charge in [-0.25, -0.2) is 14.4 Å². The lowest BCUT2D eigenvalue weighted by atomic mass is 10.1. The molecule has 6 heteroatoms. The van der Waals surface area contributed by atoms with Gasteiger partial charge in [-0.2, -0.15) is 0 Å².